The SMILES string of the molecule is CNC(c1ccc(C)o1)C(C)(C)CC(=O)O. The van der Waals surface area contributed by atoms with E-state index in [2.05, 4.69) is 5.32 Å². The quantitative estimate of drug-likeness (QED) is 0.807. The van der Waals surface area contributed by atoms with Crippen LogP contribution in [0.5, 0.6) is 0 Å². The second kappa shape index (κ2) is 4.70. The van der Waals surface area contributed by atoms with Gasteiger partial charge in [-0.15, -0.1) is 0 Å². The summed E-state index contributed by atoms with van der Waals surface area (Å²) in [5.74, 6) is 0.821. The molecule has 1 heterocycles. The van der Waals surface area contributed by atoms with Crippen LogP contribution in [-0.4, -0.2) is 18.1 Å². The lowest BCUT2D eigenvalue weighted by molar-refractivity contribution is -0.139. The summed E-state index contributed by atoms with van der Waals surface area (Å²) >= 11 is 0. The molecule has 0 saturated heterocycles. The minimum absolute atomic E-state index is 0.0955. The Balaban J connectivity index is 2.93. The summed E-state index contributed by atoms with van der Waals surface area (Å²) in [6, 6.07) is 3.67. The lowest BCUT2D eigenvalue weighted by Crippen LogP contribution is -2.33. The third-order valence-corrected chi connectivity index (χ3v) is 2.72. The van der Waals surface area contributed by atoms with Crippen molar-refractivity contribution in [2.75, 3.05) is 7.05 Å². The summed E-state index contributed by atoms with van der Waals surface area (Å²) in [6.45, 7) is 5.71. The highest BCUT2D eigenvalue weighted by molar-refractivity contribution is 5.67. The van der Waals surface area contributed by atoms with Gasteiger partial charge in [-0.1, -0.05) is 13.8 Å². The van der Waals surface area contributed by atoms with Crippen molar-refractivity contribution in [3.8, 4) is 0 Å². The predicted molar refractivity (Wildman–Crippen MR) is 61.3 cm³/mol. The van der Waals surface area contributed by atoms with E-state index in [1.165, 1.54) is 0 Å². The van der Waals surface area contributed by atoms with E-state index in [0.29, 0.717) is 0 Å². The largest absolute Gasteiger partial charge is 0.481 e. The number of furan rings is 1. The molecule has 0 amide bonds. The molecule has 1 aromatic heterocycles. The van der Waals surface area contributed by atoms with E-state index in [0.717, 1.165) is 11.5 Å². The number of rotatable bonds is 5. The molecule has 4 nitrogen and oxygen atoms in total. The molecule has 0 radical (unpaired) electrons. The number of aliphatic carboxylic acids is 1. The lowest BCUT2D eigenvalue weighted by Gasteiger charge is -2.31. The van der Waals surface area contributed by atoms with Crippen LogP contribution in [0.15, 0.2) is 16.5 Å². The summed E-state index contributed by atoms with van der Waals surface area (Å²) in [4.78, 5) is 10.8. The Kier molecular flexibility index (Phi) is 3.75. The average Bonchev–Trinajstić information content (AvgIpc) is 2.49. The van der Waals surface area contributed by atoms with Gasteiger partial charge < -0.3 is 14.8 Å². The molecular weight excluding hydrogens is 206 g/mol. The molecule has 0 saturated carbocycles. The van der Waals surface area contributed by atoms with Crippen LogP contribution in [0.4, 0.5) is 0 Å². The topological polar surface area (TPSA) is 62.5 Å². The minimum Gasteiger partial charge on any atom is -0.481 e. The highest BCUT2D eigenvalue weighted by atomic mass is 16.4. The first-order chi connectivity index (χ1) is 7.36. The average molecular weight is 225 g/mol. The second-order valence-corrected chi connectivity index (χ2v) is 4.73. The Morgan fingerprint density at radius 3 is 2.56 bits per heavy atom. The molecule has 0 aliphatic carbocycles. The zero-order valence-corrected chi connectivity index (χ0v) is 10.2. The highest BCUT2D eigenvalue weighted by Gasteiger charge is 2.33. The van der Waals surface area contributed by atoms with Crippen LogP contribution < -0.4 is 5.32 Å². The van der Waals surface area contributed by atoms with Crippen molar-refractivity contribution in [1.29, 1.82) is 0 Å². The van der Waals surface area contributed by atoms with Crippen molar-refractivity contribution < 1.29 is 14.3 Å². The lowest BCUT2D eigenvalue weighted by atomic mass is 9.80. The number of hydrogen-bond donors (Lipinski definition) is 2. The third kappa shape index (κ3) is 2.85. The number of aryl methyl sites for hydroxylation is 1. The van der Waals surface area contributed by atoms with Crippen LogP contribution in [0.1, 0.15) is 37.8 Å². The number of carboxylic acids is 1. The summed E-state index contributed by atoms with van der Waals surface area (Å²) in [5, 5.41) is 12.0. The summed E-state index contributed by atoms with van der Waals surface area (Å²) in [5.41, 5.74) is -0.398. The Morgan fingerprint density at radius 2 is 2.19 bits per heavy atom. The van der Waals surface area contributed by atoms with Crippen molar-refractivity contribution in [2.45, 2.75) is 33.2 Å². The van der Waals surface area contributed by atoms with Gasteiger partial charge in [0.2, 0.25) is 0 Å². The van der Waals surface area contributed by atoms with E-state index in [9.17, 15) is 4.79 Å². The Bertz CT molecular complexity index is 368. The first-order valence-electron chi connectivity index (χ1n) is 5.32. The minimum atomic E-state index is -0.798. The number of carbonyl (C=O) groups is 1. The fourth-order valence-electron chi connectivity index (χ4n) is 2.02. The van der Waals surface area contributed by atoms with Gasteiger partial charge in [-0.25, -0.2) is 0 Å². The van der Waals surface area contributed by atoms with Crippen LogP contribution in [0.2, 0.25) is 0 Å². The fourth-order valence-corrected chi connectivity index (χ4v) is 2.02. The molecule has 1 rings (SSSR count). The van der Waals surface area contributed by atoms with Gasteiger partial charge in [-0.2, -0.15) is 0 Å². The summed E-state index contributed by atoms with van der Waals surface area (Å²) in [7, 11) is 1.81. The van der Waals surface area contributed by atoms with E-state index < -0.39 is 11.4 Å². The van der Waals surface area contributed by atoms with Crippen molar-refractivity contribution in [1.82, 2.24) is 5.32 Å². The van der Waals surface area contributed by atoms with Crippen molar-refractivity contribution in [3.05, 3.63) is 23.7 Å². The monoisotopic (exact) mass is 225 g/mol. The van der Waals surface area contributed by atoms with Gasteiger partial charge in [-0.05, 0) is 31.5 Å². The molecule has 90 valence electrons. The molecule has 1 atom stereocenters. The Morgan fingerprint density at radius 1 is 1.56 bits per heavy atom. The Labute approximate surface area is 95.7 Å². The maximum absolute atomic E-state index is 10.8. The van der Waals surface area contributed by atoms with Crippen LogP contribution in [0.3, 0.4) is 0 Å². The van der Waals surface area contributed by atoms with Crippen LogP contribution in [0.25, 0.3) is 0 Å². The predicted octanol–water partition coefficient (Wildman–Crippen LogP) is 2.35. The molecular formula is C12H19NO3. The standard InChI is InChI=1S/C12H19NO3/c1-8-5-6-9(16-8)11(13-4)12(2,3)7-10(14)15/h5-6,11,13H,7H2,1-4H3,(H,14,15). The second-order valence-electron chi connectivity index (χ2n) is 4.73. The first kappa shape index (κ1) is 12.8. The smallest absolute Gasteiger partial charge is 0.303 e. The van der Waals surface area contributed by atoms with Gasteiger partial charge in [-0.3, -0.25) is 4.79 Å². The van der Waals surface area contributed by atoms with E-state index in [1.807, 2.05) is 40.0 Å². The molecule has 0 bridgehead atoms. The van der Waals surface area contributed by atoms with Gasteiger partial charge in [0, 0.05) is 0 Å². The van der Waals surface area contributed by atoms with Crippen molar-refractivity contribution >= 4 is 5.97 Å². The van der Waals surface area contributed by atoms with Crippen LogP contribution in [0, 0.1) is 12.3 Å². The third-order valence-electron chi connectivity index (χ3n) is 2.72. The number of nitrogens with one attached hydrogen (secondary N) is 1. The maximum atomic E-state index is 10.8. The molecule has 0 aromatic carbocycles. The molecule has 1 unspecified atom stereocenters. The fraction of sp³-hybridized carbons (Fsp3) is 0.583. The molecule has 0 spiro atoms. The molecule has 2 N–H and O–H groups in total. The molecule has 4 heteroatoms. The highest BCUT2D eigenvalue weighted by Crippen LogP contribution is 2.36. The van der Waals surface area contributed by atoms with Crippen LogP contribution >= 0.6 is 0 Å². The van der Waals surface area contributed by atoms with Crippen molar-refractivity contribution in [3.63, 3.8) is 0 Å². The molecule has 0 aliphatic heterocycles. The summed E-state index contributed by atoms with van der Waals surface area (Å²) < 4.78 is 5.55. The van der Waals surface area contributed by atoms with Gasteiger partial charge in [0.25, 0.3) is 0 Å². The number of carboxylic acid groups (broad SMARTS) is 1. The number of hydrogen-bond acceptors (Lipinski definition) is 3. The Hall–Kier alpha value is -1.29. The first-order valence-corrected chi connectivity index (χ1v) is 5.32. The van der Waals surface area contributed by atoms with Gasteiger partial charge in [0.1, 0.15) is 11.5 Å². The summed E-state index contributed by atoms with van der Waals surface area (Å²) in [6.07, 6.45) is 0.0955. The van der Waals surface area contributed by atoms with E-state index in [-0.39, 0.29) is 12.5 Å². The normalized spacial score (nSPS) is 13.8. The maximum Gasteiger partial charge on any atom is 0.303 e. The van der Waals surface area contributed by atoms with E-state index in [4.69, 9.17) is 9.52 Å². The molecule has 0 aliphatic rings. The van der Waals surface area contributed by atoms with Crippen LogP contribution in [-0.2, 0) is 4.79 Å². The van der Waals surface area contributed by atoms with E-state index >= 15 is 0 Å². The zero-order chi connectivity index (χ0) is 12.3. The van der Waals surface area contributed by atoms with Crippen molar-refractivity contribution in [2.24, 2.45) is 5.41 Å². The van der Waals surface area contributed by atoms with Gasteiger partial charge in [0.05, 0.1) is 12.5 Å². The molecule has 16 heavy (non-hydrogen) atoms. The van der Waals surface area contributed by atoms with E-state index in [1.54, 1.807) is 0 Å². The van der Waals surface area contributed by atoms with Gasteiger partial charge >= 0.3 is 5.97 Å². The molecule has 1 aromatic rings. The van der Waals surface area contributed by atoms with Gasteiger partial charge in [0.15, 0.2) is 0 Å². The molecule has 0 fully saturated rings. The zero-order valence-electron chi connectivity index (χ0n) is 10.2.